The third-order valence-electron chi connectivity index (χ3n) is 6.07. The third-order valence-corrected chi connectivity index (χ3v) is 6.07. The van der Waals surface area contributed by atoms with Gasteiger partial charge in [0, 0.05) is 17.1 Å². The number of hydrogen-bond acceptors (Lipinski definition) is 4. The fourth-order valence-corrected chi connectivity index (χ4v) is 5.28. The highest BCUT2D eigenvalue weighted by molar-refractivity contribution is 5.87. The zero-order chi connectivity index (χ0) is 19.5. The Kier molecular flexibility index (Phi) is 6.70. The number of ether oxygens (including phenoxy) is 2. The van der Waals surface area contributed by atoms with Gasteiger partial charge in [0.1, 0.15) is 0 Å². The maximum atomic E-state index is 11.9. The van der Waals surface area contributed by atoms with E-state index < -0.39 is 0 Å². The molecule has 0 spiro atoms. The van der Waals surface area contributed by atoms with Crippen LogP contribution in [-0.4, -0.2) is 25.2 Å². The van der Waals surface area contributed by atoms with Crippen LogP contribution in [0.2, 0.25) is 0 Å². The zero-order valence-electron chi connectivity index (χ0n) is 16.8. The number of hydrogen-bond donors (Lipinski definition) is 0. The molecule has 0 aromatic rings. The van der Waals surface area contributed by atoms with Crippen LogP contribution in [0.1, 0.15) is 59.8 Å². The van der Waals surface area contributed by atoms with E-state index in [0.717, 1.165) is 25.2 Å². The molecule has 2 aliphatic carbocycles. The molecule has 2 rings (SSSR count). The lowest BCUT2D eigenvalue weighted by Crippen LogP contribution is -2.47. The summed E-state index contributed by atoms with van der Waals surface area (Å²) >= 11 is 0. The van der Waals surface area contributed by atoms with Crippen LogP contribution < -0.4 is 0 Å². The molecule has 0 radical (unpaired) electrons. The summed E-state index contributed by atoms with van der Waals surface area (Å²) in [5.41, 5.74) is 0.865. The van der Waals surface area contributed by atoms with Gasteiger partial charge in [0.25, 0.3) is 0 Å². The molecule has 2 fully saturated rings. The van der Waals surface area contributed by atoms with Crippen molar-refractivity contribution < 1.29 is 19.1 Å². The van der Waals surface area contributed by atoms with Crippen molar-refractivity contribution in [1.29, 1.82) is 0 Å². The van der Waals surface area contributed by atoms with E-state index >= 15 is 0 Å². The predicted molar refractivity (Wildman–Crippen MR) is 102 cm³/mol. The molecule has 4 heteroatoms. The average molecular weight is 363 g/mol. The molecule has 0 aromatic heterocycles. The number of rotatable bonds is 7. The van der Waals surface area contributed by atoms with E-state index in [-0.39, 0.29) is 36.5 Å². The maximum Gasteiger partial charge on any atom is 0.333 e. The second-order valence-corrected chi connectivity index (χ2v) is 8.98. The van der Waals surface area contributed by atoms with Gasteiger partial charge < -0.3 is 9.47 Å². The molecule has 4 nitrogen and oxygen atoms in total. The van der Waals surface area contributed by atoms with Gasteiger partial charge >= 0.3 is 11.9 Å². The van der Waals surface area contributed by atoms with Gasteiger partial charge in [0.05, 0.1) is 13.2 Å². The molecular weight excluding hydrogens is 328 g/mol. The molecule has 0 aromatic carbocycles. The second kappa shape index (κ2) is 8.41. The minimum Gasteiger partial charge on any atom is -0.462 e. The van der Waals surface area contributed by atoms with Crippen LogP contribution in [0.5, 0.6) is 0 Å². The van der Waals surface area contributed by atoms with Crippen LogP contribution in [-0.2, 0) is 19.1 Å². The summed E-state index contributed by atoms with van der Waals surface area (Å²) in [6, 6.07) is 0. The number of esters is 2. The Bertz CT molecular complexity index is 527. The molecule has 26 heavy (non-hydrogen) atoms. The van der Waals surface area contributed by atoms with E-state index in [2.05, 4.69) is 27.0 Å². The lowest BCUT2D eigenvalue weighted by atomic mass is 9.52. The summed E-state index contributed by atoms with van der Waals surface area (Å²) in [5, 5.41) is 0. The van der Waals surface area contributed by atoms with Crippen molar-refractivity contribution in [3.05, 3.63) is 24.3 Å². The van der Waals surface area contributed by atoms with Gasteiger partial charge in [-0.2, -0.15) is 0 Å². The molecule has 0 N–H and O–H groups in total. The van der Waals surface area contributed by atoms with Gasteiger partial charge in [-0.1, -0.05) is 27.0 Å². The molecule has 2 unspecified atom stereocenters. The first-order chi connectivity index (χ1) is 12.1. The molecule has 2 saturated carbocycles. The summed E-state index contributed by atoms with van der Waals surface area (Å²) in [6.45, 7) is 15.8. The standard InChI is InChI=1S/C22H34O4/c1-14(2)20(23)25-12-19(13-26-21(24)15(3)4)22-9-16(5)7-18(11-22)8-17(6)10-22/h16-19H,1,3,7-13H2,2,4-6H3. The van der Waals surface area contributed by atoms with Gasteiger partial charge in [-0.05, 0) is 69.1 Å². The SMILES string of the molecule is C=C(C)C(=O)OCC(COC(=O)C(=C)C)C12CC(C)CC(CC(C)C1)C2. The Morgan fingerprint density at radius 2 is 1.35 bits per heavy atom. The van der Waals surface area contributed by atoms with E-state index in [4.69, 9.17) is 9.47 Å². The van der Waals surface area contributed by atoms with Crippen molar-refractivity contribution in [2.45, 2.75) is 59.8 Å². The molecule has 0 saturated heterocycles. The van der Waals surface area contributed by atoms with Crippen LogP contribution >= 0.6 is 0 Å². The van der Waals surface area contributed by atoms with Gasteiger partial charge in [-0.25, -0.2) is 9.59 Å². The van der Waals surface area contributed by atoms with Gasteiger partial charge in [-0.3, -0.25) is 0 Å². The molecule has 0 aliphatic heterocycles. The minimum atomic E-state index is -0.373. The number of carbonyl (C=O) groups excluding carboxylic acids is 2. The van der Waals surface area contributed by atoms with Crippen molar-refractivity contribution in [3.8, 4) is 0 Å². The van der Waals surface area contributed by atoms with Crippen molar-refractivity contribution in [2.24, 2.45) is 29.1 Å². The Labute approximate surface area is 158 Å². The highest BCUT2D eigenvalue weighted by Gasteiger charge is 2.49. The highest BCUT2D eigenvalue weighted by atomic mass is 16.5. The first-order valence-corrected chi connectivity index (χ1v) is 9.78. The van der Waals surface area contributed by atoms with E-state index in [1.54, 1.807) is 13.8 Å². The van der Waals surface area contributed by atoms with Crippen LogP contribution in [0.25, 0.3) is 0 Å². The molecular formula is C22H34O4. The number of fused-ring (bicyclic) bond motifs is 2. The predicted octanol–water partition coefficient (Wildman–Crippen LogP) is 4.69. The van der Waals surface area contributed by atoms with Gasteiger partial charge in [-0.15, -0.1) is 0 Å². The Balaban J connectivity index is 2.19. The van der Waals surface area contributed by atoms with Crippen LogP contribution in [0, 0.1) is 29.1 Å². The summed E-state index contributed by atoms with van der Waals surface area (Å²) in [5.74, 6) is 1.29. The molecule has 146 valence electrons. The Hall–Kier alpha value is -1.58. The van der Waals surface area contributed by atoms with Crippen LogP contribution in [0.3, 0.4) is 0 Å². The zero-order valence-corrected chi connectivity index (χ0v) is 16.8. The highest BCUT2D eigenvalue weighted by Crippen LogP contribution is 2.56. The largest absolute Gasteiger partial charge is 0.462 e. The maximum absolute atomic E-state index is 11.9. The van der Waals surface area contributed by atoms with Gasteiger partial charge in [0.2, 0.25) is 0 Å². The lowest BCUT2D eigenvalue weighted by Gasteiger charge is -2.53. The Morgan fingerprint density at radius 1 is 0.923 bits per heavy atom. The summed E-state index contributed by atoms with van der Waals surface area (Å²) in [7, 11) is 0. The summed E-state index contributed by atoms with van der Waals surface area (Å²) in [4.78, 5) is 23.9. The topological polar surface area (TPSA) is 52.6 Å². The molecule has 2 bridgehead atoms. The molecule has 2 aliphatic rings. The normalized spacial score (nSPS) is 30.6. The minimum absolute atomic E-state index is 0.0158. The third kappa shape index (κ3) is 4.99. The van der Waals surface area contributed by atoms with E-state index in [9.17, 15) is 9.59 Å². The number of carbonyl (C=O) groups is 2. The first kappa shape index (κ1) is 20.7. The fraction of sp³-hybridized carbons (Fsp3) is 0.727. The van der Waals surface area contributed by atoms with Crippen molar-refractivity contribution in [1.82, 2.24) is 0 Å². The fourth-order valence-electron chi connectivity index (χ4n) is 5.28. The summed E-state index contributed by atoms with van der Waals surface area (Å²) in [6.07, 6.45) is 5.90. The first-order valence-electron chi connectivity index (χ1n) is 9.78. The van der Waals surface area contributed by atoms with Crippen LogP contribution in [0.4, 0.5) is 0 Å². The molecule has 0 amide bonds. The van der Waals surface area contributed by atoms with Crippen LogP contribution in [0.15, 0.2) is 24.3 Å². The average Bonchev–Trinajstić information content (AvgIpc) is 2.52. The summed E-state index contributed by atoms with van der Waals surface area (Å²) < 4.78 is 11.0. The lowest BCUT2D eigenvalue weighted by molar-refractivity contribution is -0.152. The van der Waals surface area contributed by atoms with Crippen molar-refractivity contribution >= 4 is 11.9 Å². The van der Waals surface area contributed by atoms with E-state index in [1.807, 2.05) is 0 Å². The quantitative estimate of drug-likeness (QED) is 0.487. The van der Waals surface area contributed by atoms with Crippen molar-refractivity contribution in [2.75, 3.05) is 13.2 Å². The smallest absolute Gasteiger partial charge is 0.333 e. The Morgan fingerprint density at radius 3 is 1.73 bits per heavy atom. The van der Waals surface area contributed by atoms with E-state index in [0.29, 0.717) is 23.0 Å². The van der Waals surface area contributed by atoms with Crippen molar-refractivity contribution in [3.63, 3.8) is 0 Å². The van der Waals surface area contributed by atoms with Gasteiger partial charge in [0.15, 0.2) is 0 Å². The molecule has 0 heterocycles. The second-order valence-electron chi connectivity index (χ2n) is 8.98. The monoisotopic (exact) mass is 362 g/mol. The van der Waals surface area contributed by atoms with E-state index in [1.165, 1.54) is 12.8 Å². The molecule has 2 atom stereocenters.